The smallest absolute Gasteiger partial charge is 0.287 e. The molecule has 0 unspecified atom stereocenters. The van der Waals surface area contributed by atoms with Crippen LogP contribution in [0.1, 0.15) is 20.8 Å². The lowest BCUT2D eigenvalue weighted by molar-refractivity contribution is 0.442. The van der Waals surface area contributed by atoms with Gasteiger partial charge in [-0.15, -0.1) is 0 Å². The van der Waals surface area contributed by atoms with Gasteiger partial charge in [-0.3, -0.25) is 0 Å². The summed E-state index contributed by atoms with van der Waals surface area (Å²) in [6.45, 7) is 5.69. The van der Waals surface area contributed by atoms with Crippen molar-refractivity contribution in [1.82, 2.24) is 0 Å². The van der Waals surface area contributed by atoms with E-state index in [0.29, 0.717) is 18.1 Å². The lowest BCUT2D eigenvalue weighted by atomic mass is 10.9. The summed E-state index contributed by atoms with van der Waals surface area (Å²) in [6, 6.07) is 0.708. The van der Waals surface area contributed by atoms with E-state index < -0.39 is 24.4 Å². The Bertz CT molecular complexity index is 228. The van der Waals surface area contributed by atoms with Crippen LogP contribution in [0.2, 0.25) is 18.1 Å². The molecule has 0 bridgehead atoms. The van der Waals surface area contributed by atoms with E-state index in [-0.39, 0.29) is 0 Å². The summed E-state index contributed by atoms with van der Waals surface area (Å²) in [6.07, 6.45) is 0. The second-order valence-corrected chi connectivity index (χ2v) is 9.48. The Morgan fingerprint density at radius 1 is 1.15 bits per heavy atom. The largest absolute Gasteiger partial charge is 0.313 e. The lowest BCUT2D eigenvalue weighted by Crippen LogP contribution is -2.38. The summed E-state index contributed by atoms with van der Waals surface area (Å²) in [4.78, 5) is 0. The molecule has 0 aromatic rings. The van der Waals surface area contributed by atoms with Crippen molar-refractivity contribution >= 4 is 18.4 Å². The minimum atomic E-state index is -3.92. The van der Waals surface area contributed by atoms with Crippen molar-refractivity contribution in [3.05, 3.63) is 0 Å². The van der Waals surface area contributed by atoms with Gasteiger partial charge < -0.3 is 3.87 Å². The van der Waals surface area contributed by atoms with Crippen LogP contribution in [0, 0.1) is 0 Å². The molecule has 0 aromatic heterocycles. The first-order chi connectivity index (χ1) is 5.95. The Balaban J connectivity index is 4.61. The van der Waals surface area contributed by atoms with E-state index in [9.17, 15) is 12.8 Å². The van der Waals surface area contributed by atoms with Crippen molar-refractivity contribution in [1.29, 1.82) is 0 Å². The quantitative estimate of drug-likeness (QED) is 0.655. The molecular weight excluding hydrogens is 211 g/mol. The normalized spacial score (nSPS) is 13.2. The molecule has 6 heteroatoms. The van der Waals surface area contributed by atoms with Crippen LogP contribution in [0.5, 0.6) is 0 Å². The highest BCUT2D eigenvalue weighted by molar-refractivity contribution is 7.87. The minimum Gasteiger partial charge on any atom is -0.313 e. The molecule has 0 aliphatic carbocycles. The summed E-state index contributed by atoms with van der Waals surface area (Å²) in [5.41, 5.74) is 0. The van der Waals surface area contributed by atoms with Crippen LogP contribution in [0.3, 0.4) is 0 Å². The minimum absolute atomic E-state index is 0.708. The topological polar surface area (TPSA) is 43.4 Å². The zero-order valence-corrected chi connectivity index (χ0v) is 10.2. The third kappa shape index (κ3) is 3.74. The summed E-state index contributed by atoms with van der Waals surface area (Å²) in [5.74, 6) is 0. The van der Waals surface area contributed by atoms with Crippen molar-refractivity contribution in [3.8, 4) is 0 Å². The van der Waals surface area contributed by atoms with Crippen molar-refractivity contribution in [2.24, 2.45) is 0 Å². The predicted octanol–water partition coefficient (Wildman–Crippen LogP) is 2.27. The second-order valence-electron chi connectivity index (χ2n) is 2.99. The number of alkyl halides is 1. The standard InChI is InChI=1S/C7H17FO3SSi/c1-4-13(5-2,6-3)11-12(9,10)7-8/h4-7H2,1-3H3. The maximum Gasteiger partial charge on any atom is 0.287 e. The molecule has 0 N–H and O–H groups in total. The van der Waals surface area contributed by atoms with Crippen molar-refractivity contribution < 1.29 is 16.7 Å². The maximum atomic E-state index is 12.0. The SMILES string of the molecule is CC[Si](CC)(CC)OS(=O)(=O)CF. The fourth-order valence-corrected chi connectivity index (χ4v) is 6.47. The maximum absolute atomic E-state index is 12.0. The molecule has 0 amide bonds. The zero-order valence-electron chi connectivity index (χ0n) is 8.34. The lowest BCUT2D eigenvalue weighted by Gasteiger charge is -2.25. The van der Waals surface area contributed by atoms with E-state index in [1.54, 1.807) is 0 Å². The molecule has 0 atom stereocenters. The van der Waals surface area contributed by atoms with E-state index in [4.69, 9.17) is 3.87 Å². The highest BCUT2D eigenvalue weighted by Gasteiger charge is 2.34. The fraction of sp³-hybridized carbons (Fsp3) is 1.00. The van der Waals surface area contributed by atoms with Crippen LogP contribution in [0.4, 0.5) is 4.39 Å². The molecule has 0 fully saturated rings. The molecule has 0 aliphatic heterocycles. The Hall–Kier alpha value is 0.0569. The van der Waals surface area contributed by atoms with Gasteiger partial charge in [0.25, 0.3) is 10.1 Å². The van der Waals surface area contributed by atoms with Crippen molar-refractivity contribution in [2.45, 2.75) is 38.9 Å². The van der Waals surface area contributed by atoms with Gasteiger partial charge in [-0.2, -0.15) is 8.42 Å². The Kier molecular flexibility index (Phi) is 5.09. The van der Waals surface area contributed by atoms with E-state index in [1.165, 1.54) is 0 Å². The molecule has 0 aliphatic rings. The highest BCUT2D eigenvalue weighted by Crippen LogP contribution is 2.23. The molecular formula is C7H17FO3SSi. The Morgan fingerprint density at radius 2 is 1.54 bits per heavy atom. The third-order valence-electron chi connectivity index (χ3n) is 2.37. The molecule has 0 aromatic carbocycles. The average molecular weight is 228 g/mol. The van der Waals surface area contributed by atoms with Gasteiger partial charge in [0.05, 0.1) is 0 Å². The predicted molar refractivity (Wildman–Crippen MR) is 53.2 cm³/mol. The van der Waals surface area contributed by atoms with Crippen LogP contribution < -0.4 is 0 Å². The van der Waals surface area contributed by atoms with Gasteiger partial charge in [-0.05, 0) is 18.1 Å². The molecule has 0 heterocycles. The highest BCUT2D eigenvalue weighted by atomic mass is 32.2. The van der Waals surface area contributed by atoms with Gasteiger partial charge >= 0.3 is 0 Å². The number of halogens is 1. The molecule has 13 heavy (non-hydrogen) atoms. The second kappa shape index (κ2) is 5.07. The molecule has 3 nitrogen and oxygen atoms in total. The monoisotopic (exact) mass is 228 g/mol. The molecule has 0 rings (SSSR count). The van der Waals surface area contributed by atoms with Crippen molar-refractivity contribution in [3.63, 3.8) is 0 Å². The van der Waals surface area contributed by atoms with Gasteiger partial charge in [-0.1, -0.05) is 20.8 Å². The Morgan fingerprint density at radius 3 is 1.77 bits per heavy atom. The van der Waals surface area contributed by atoms with Crippen LogP contribution >= 0.6 is 0 Å². The van der Waals surface area contributed by atoms with Gasteiger partial charge in [0.1, 0.15) is 0 Å². The van der Waals surface area contributed by atoms with Crippen LogP contribution in [0.25, 0.3) is 0 Å². The van der Waals surface area contributed by atoms with E-state index in [2.05, 4.69) is 0 Å². The average Bonchev–Trinajstić information content (AvgIpc) is 2.14. The summed E-state index contributed by atoms with van der Waals surface area (Å²) in [5, 5.41) is 0. The van der Waals surface area contributed by atoms with Gasteiger partial charge in [-0.25, -0.2) is 4.39 Å². The summed E-state index contributed by atoms with van der Waals surface area (Å²) >= 11 is 0. The zero-order chi connectivity index (χ0) is 10.5. The van der Waals surface area contributed by atoms with Crippen LogP contribution in [0.15, 0.2) is 0 Å². The molecule has 0 saturated carbocycles. The molecule has 0 saturated heterocycles. The first kappa shape index (κ1) is 13.1. The van der Waals surface area contributed by atoms with E-state index >= 15 is 0 Å². The van der Waals surface area contributed by atoms with Crippen LogP contribution in [-0.4, -0.2) is 22.7 Å². The first-order valence-corrected chi connectivity index (χ1v) is 8.55. The summed E-state index contributed by atoms with van der Waals surface area (Å²) in [7, 11) is -6.12. The third-order valence-corrected chi connectivity index (χ3v) is 8.93. The molecule has 0 spiro atoms. The number of hydrogen-bond donors (Lipinski definition) is 0. The van der Waals surface area contributed by atoms with Crippen molar-refractivity contribution in [2.75, 3.05) is 6.01 Å². The molecule has 80 valence electrons. The van der Waals surface area contributed by atoms with Gasteiger partial charge in [0.15, 0.2) is 0 Å². The fourth-order valence-electron chi connectivity index (χ4n) is 1.22. The van der Waals surface area contributed by atoms with Gasteiger partial charge in [0, 0.05) is 0 Å². The molecule has 0 radical (unpaired) electrons. The van der Waals surface area contributed by atoms with E-state index in [0.717, 1.165) is 0 Å². The summed E-state index contributed by atoms with van der Waals surface area (Å²) < 4.78 is 38.8. The first-order valence-electron chi connectivity index (χ1n) is 4.44. The van der Waals surface area contributed by atoms with Gasteiger partial charge in [0.2, 0.25) is 14.3 Å². The number of rotatable bonds is 6. The van der Waals surface area contributed by atoms with Crippen LogP contribution in [-0.2, 0) is 14.0 Å². The van der Waals surface area contributed by atoms with E-state index in [1.807, 2.05) is 20.8 Å². The number of hydrogen-bond acceptors (Lipinski definition) is 3. The Labute approximate surface area is 80.5 Å².